The molecule has 0 bridgehead atoms. The Morgan fingerprint density at radius 2 is 1.70 bits per heavy atom. The first-order valence-corrected chi connectivity index (χ1v) is 10.3. The fourth-order valence-corrected chi connectivity index (χ4v) is 4.34. The van der Waals surface area contributed by atoms with Crippen LogP contribution in [0.4, 0.5) is 0 Å². The number of hydrogen-bond donors (Lipinski definition) is 1. The molecule has 0 saturated heterocycles. The Balaban J connectivity index is 1.66. The molecular weight excluding hydrogens is 330 g/mol. The number of aliphatic hydroxyl groups is 1. The van der Waals surface area contributed by atoms with Crippen LogP contribution in [0.1, 0.15) is 49.1 Å². The smallest absolute Gasteiger partial charge is 0.0781 e. The Labute approximate surface area is 164 Å². The summed E-state index contributed by atoms with van der Waals surface area (Å²) in [7, 11) is 4.29. The summed E-state index contributed by atoms with van der Waals surface area (Å²) in [6.45, 7) is 1.06. The van der Waals surface area contributed by atoms with Crippen molar-refractivity contribution in [1.82, 2.24) is 4.90 Å². The van der Waals surface area contributed by atoms with Crippen molar-refractivity contribution in [3.63, 3.8) is 0 Å². The van der Waals surface area contributed by atoms with Gasteiger partial charge in [-0.3, -0.25) is 0 Å². The molecule has 27 heavy (non-hydrogen) atoms. The lowest BCUT2D eigenvalue weighted by Gasteiger charge is -2.32. The van der Waals surface area contributed by atoms with E-state index in [4.69, 9.17) is 0 Å². The normalized spacial score (nSPS) is 22.9. The maximum absolute atomic E-state index is 11.0. The van der Waals surface area contributed by atoms with Crippen LogP contribution in [-0.2, 0) is 0 Å². The Hall–Kier alpha value is -1.90. The van der Waals surface area contributed by atoms with Gasteiger partial charge in [0.2, 0.25) is 0 Å². The molecule has 0 aliphatic heterocycles. The molecule has 3 rings (SSSR count). The molecule has 144 valence electrons. The van der Waals surface area contributed by atoms with E-state index in [0.29, 0.717) is 11.8 Å². The second kappa shape index (κ2) is 9.87. The quantitative estimate of drug-likeness (QED) is 0.716. The van der Waals surface area contributed by atoms with Gasteiger partial charge in [0.05, 0.1) is 6.10 Å². The summed E-state index contributed by atoms with van der Waals surface area (Å²) < 4.78 is 0. The van der Waals surface area contributed by atoms with Gasteiger partial charge in [0, 0.05) is 6.54 Å². The number of nitrogens with zero attached hydrogens (tertiary/aromatic N) is 1. The summed E-state index contributed by atoms with van der Waals surface area (Å²) >= 11 is 0. The van der Waals surface area contributed by atoms with E-state index in [1.807, 2.05) is 6.07 Å². The molecule has 0 heterocycles. The van der Waals surface area contributed by atoms with Crippen molar-refractivity contribution < 1.29 is 5.11 Å². The van der Waals surface area contributed by atoms with Crippen LogP contribution in [-0.4, -0.2) is 36.8 Å². The molecule has 2 heteroatoms. The van der Waals surface area contributed by atoms with Gasteiger partial charge < -0.3 is 10.0 Å². The van der Waals surface area contributed by atoms with Crippen LogP contribution in [0.2, 0.25) is 0 Å². The molecule has 1 fully saturated rings. The second-order valence-electron chi connectivity index (χ2n) is 8.17. The summed E-state index contributed by atoms with van der Waals surface area (Å²) in [5.74, 6) is 0.902. The van der Waals surface area contributed by atoms with Crippen LogP contribution < -0.4 is 0 Å². The molecule has 0 aromatic heterocycles. The number of likely N-dealkylation sites (N-methyl/N-ethyl adjacent to an activating group) is 1. The Morgan fingerprint density at radius 1 is 1.04 bits per heavy atom. The van der Waals surface area contributed by atoms with Crippen LogP contribution in [0.15, 0.2) is 66.2 Å². The third-order valence-corrected chi connectivity index (χ3v) is 5.76. The minimum Gasteiger partial charge on any atom is -0.388 e. The van der Waals surface area contributed by atoms with Crippen molar-refractivity contribution in [3.05, 3.63) is 77.4 Å². The van der Waals surface area contributed by atoms with Gasteiger partial charge in [0.15, 0.2) is 0 Å². The van der Waals surface area contributed by atoms with Crippen molar-refractivity contribution in [2.45, 2.75) is 44.1 Å². The molecule has 1 aliphatic carbocycles. The van der Waals surface area contributed by atoms with Crippen LogP contribution in [0.5, 0.6) is 0 Å². The third-order valence-electron chi connectivity index (χ3n) is 5.76. The van der Waals surface area contributed by atoms with Crippen molar-refractivity contribution >= 4 is 6.08 Å². The predicted molar refractivity (Wildman–Crippen MR) is 115 cm³/mol. The third kappa shape index (κ3) is 5.79. The van der Waals surface area contributed by atoms with Crippen LogP contribution in [0, 0.1) is 5.92 Å². The van der Waals surface area contributed by atoms with E-state index in [1.54, 1.807) is 0 Å². The van der Waals surface area contributed by atoms with Crippen molar-refractivity contribution in [2.24, 2.45) is 5.92 Å². The summed E-state index contributed by atoms with van der Waals surface area (Å²) in [4.78, 5) is 2.27. The average Bonchev–Trinajstić information content (AvgIpc) is 2.69. The minimum atomic E-state index is -0.297. The molecule has 0 amide bonds. The molecule has 2 nitrogen and oxygen atoms in total. The summed E-state index contributed by atoms with van der Waals surface area (Å²) in [6.07, 6.45) is 7.46. The molecular formula is C25H33NO. The van der Waals surface area contributed by atoms with Gasteiger partial charge in [-0.15, -0.1) is 0 Å². The average molecular weight is 364 g/mol. The monoisotopic (exact) mass is 363 g/mol. The molecule has 2 aromatic rings. The van der Waals surface area contributed by atoms with E-state index in [2.05, 4.69) is 79.7 Å². The van der Waals surface area contributed by atoms with Crippen LogP contribution >= 0.6 is 0 Å². The first-order chi connectivity index (χ1) is 13.1. The highest BCUT2D eigenvalue weighted by Gasteiger charge is 2.28. The van der Waals surface area contributed by atoms with Crippen molar-refractivity contribution in [1.29, 1.82) is 0 Å². The number of aliphatic hydroxyl groups excluding tert-OH is 1. The molecule has 1 saturated carbocycles. The highest BCUT2D eigenvalue weighted by Crippen LogP contribution is 2.35. The molecule has 3 unspecified atom stereocenters. The predicted octanol–water partition coefficient (Wildman–Crippen LogP) is 5.36. The summed E-state index contributed by atoms with van der Waals surface area (Å²) in [6, 6.07) is 21.2. The van der Waals surface area contributed by atoms with Crippen LogP contribution in [0.3, 0.4) is 0 Å². The van der Waals surface area contributed by atoms with Gasteiger partial charge >= 0.3 is 0 Å². The van der Waals surface area contributed by atoms with Crippen molar-refractivity contribution in [2.75, 3.05) is 20.6 Å². The largest absolute Gasteiger partial charge is 0.388 e. The molecule has 0 radical (unpaired) electrons. The summed E-state index contributed by atoms with van der Waals surface area (Å²) in [5, 5.41) is 11.0. The molecule has 1 N–H and O–H groups in total. The van der Waals surface area contributed by atoms with Gasteiger partial charge in [0.1, 0.15) is 0 Å². The van der Waals surface area contributed by atoms with E-state index < -0.39 is 0 Å². The van der Waals surface area contributed by atoms with Gasteiger partial charge in [-0.2, -0.15) is 0 Å². The van der Waals surface area contributed by atoms with Gasteiger partial charge in [-0.05, 0) is 74.7 Å². The highest BCUT2D eigenvalue weighted by molar-refractivity contribution is 5.54. The second-order valence-corrected chi connectivity index (χ2v) is 8.17. The first kappa shape index (κ1) is 19.9. The fourth-order valence-electron chi connectivity index (χ4n) is 4.34. The molecule has 3 atom stereocenters. The lowest BCUT2D eigenvalue weighted by molar-refractivity contribution is 0.107. The van der Waals surface area contributed by atoms with E-state index >= 15 is 0 Å². The standard InChI is InChI=1S/C25H33NO/c1-26(2)19-24(21-12-7-4-8-13-21)17-16-22-14-9-15-23(25(22)27)18-20-10-5-3-6-11-20/h3-8,10-13,18,22,24-25,27H,9,14-17,19H2,1-2H3. The topological polar surface area (TPSA) is 23.5 Å². The van der Waals surface area contributed by atoms with Gasteiger partial charge in [-0.1, -0.05) is 66.7 Å². The molecule has 0 spiro atoms. The zero-order valence-electron chi connectivity index (χ0n) is 16.7. The number of rotatable bonds is 7. The fraction of sp³-hybridized carbons (Fsp3) is 0.440. The molecule has 2 aromatic carbocycles. The highest BCUT2D eigenvalue weighted by atomic mass is 16.3. The Bertz CT molecular complexity index is 708. The zero-order valence-corrected chi connectivity index (χ0v) is 16.7. The van der Waals surface area contributed by atoms with E-state index in [-0.39, 0.29) is 6.10 Å². The van der Waals surface area contributed by atoms with Crippen molar-refractivity contribution in [3.8, 4) is 0 Å². The van der Waals surface area contributed by atoms with E-state index in [9.17, 15) is 5.11 Å². The van der Waals surface area contributed by atoms with E-state index in [1.165, 1.54) is 23.1 Å². The summed E-state index contributed by atoms with van der Waals surface area (Å²) in [5.41, 5.74) is 3.82. The zero-order chi connectivity index (χ0) is 19.1. The first-order valence-electron chi connectivity index (χ1n) is 10.3. The Kier molecular flexibility index (Phi) is 7.25. The SMILES string of the molecule is CN(C)CC(CCC1CCCC(=Cc2ccccc2)C1O)c1ccccc1. The van der Waals surface area contributed by atoms with Crippen LogP contribution in [0.25, 0.3) is 6.08 Å². The van der Waals surface area contributed by atoms with Gasteiger partial charge in [-0.25, -0.2) is 0 Å². The lowest BCUT2D eigenvalue weighted by Crippen LogP contribution is -2.28. The number of hydrogen-bond acceptors (Lipinski definition) is 2. The maximum Gasteiger partial charge on any atom is 0.0781 e. The molecule has 1 aliphatic rings. The van der Waals surface area contributed by atoms with Gasteiger partial charge in [0.25, 0.3) is 0 Å². The van der Waals surface area contributed by atoms with E-state index in [0.717, 1.165) is 32.2 Å². The number of benzene rings is 2. The lowest BCUT2D eigenvalue weighted by atomic mass is 9.78. The maximum atomic E-state index is 11.0. The minimum absolute atomic E-state index is 0.297. The Morgan fingerprint density at radius 3 is 2.37 bits per heavy atom.